The first kappa shape index (κ1) is 41.2. The van der Waals surface area contributed by atoms with E-state index in [0.717, 1.165) is 25.7 Å². The lowest BCUT2D eigenvalue weighted by Crippen LogP contribution is -2.89. The Morgan fingerprint density at radius 1 is 0.898 bits per heavy atom. The second-order valence-electron chi connectivity index (χ2n) is 18.1. The van der Waals surface area contributed by atoms with E-state index in [0.29, 0.717) is 18.4 Å². The van der Waals surface area contributed by atoms with Crippen molar-refractivity contribution in [1.82, 2.24) is 0 Å². The number of carbonyl (C=O) groups is 2. The summed E-state index contributed by atoms with van der Waals surface area (Å²) >= 11 is 6.49. The summed E-state index contributed by atoms with van der Waals surface area (Å²) in [6.07, 6.45) is -1.58. The first-order chi connectivity index (χ1) is 28.2. The van der Waals surface area contributed by atoms with E-state index in [-0.39, 0.29) is 29.0 Å². The Hall–Kier alpha value is -3.21. The summed E-state index contributed by atoms with van der Waals surface area (Å²) in [7, 11) is 0. The molecule has 5 saturated heterocycles. The molecule has 8 bridgehead atoms. The average molecular weight is 837 g/mol. The van der Waals surface area contributed by atoms with Gasteiger partial charge in [-0.2, -0.15) is 0 Å². The SMILES string of the molecule is C[C@H]1CCCCCC[C@@H](C)C(=O)O[C@H]2C(=CCl)C=C3[C@]2(O)[C@H](O)[C@@]2(CO)O[C@H]2[C@H]2[C@H]4O[C@]5(c6ccccc6)O[C@@H]([C@@H](C)[C@]32O5)[C@@]4(O)[C@@](O)(COC(=O)c2ccccc2)C1. The molecular weight excluding hydrogens is 784 g/mol. The minimum absolute atomic E-state index is 0.0383. The Kier molecular flexibility index (Phi) is 10.1. The molecule has 2 aromatic carbocycles. The van der Waals surface area contributed by atoms with Gasteiger partial charge in [-0.3, -0.25) is 4.79 Å². The van der Waals surface area contributed by atoms with Gasteiger partial charge in [0.15, 0.2) is 11.7 Å². The number of ether oxygens (including phenoxy) is 6. The molecule has 0 aromatic heterocycles. The molecule has 15 atom stereocenters. The van der Waals surface area contributed by atoms with Gasteiger partial charge in [0, 0.05) is 28.2 Å². The van der Waals surface area contributed by atoms with E-state index in [4.69, 9.17) is 40.0 Å². The van der Waals surface area contributed by atoms with Gasteiger partial charge < -0.3 is 54.0 Å². The molecule has 1 spiro atoms. The standard InChI is InChI=1S/C45H53ClO13/c1-25-14-8-4-5-9-15-26(2)37(48)55-34-29(22-46)20-31-42(34,52)39(50)41(23-47)35(56-41)32-36-44(53,40(51,21-25)24-54-38(49)28-16-10-6-11-17-28)33-27(3)43(31,32)59-45(57-33,58-36)30-18-12-7-13-19-30/h6-7,10-13,16-20,22,25-27,32-36,39,47,50-53H,4-5,8-9,14-15,21,23-24H2,1-3H3/t25-,26+,27+,32-,33-,34-,35-,36+,39+,40-,41-,42+,43-,44-,45-/m0/s1. The fraction of sp³-hybridized carbons (Fsp3) is 0.600. The average Bonchev–Trinajstić information content (AvgIpc) is 3.91. The van der Waals surface area contributed by atoms with Crippen LogP contribution in [0.3, 0.4) is 0 Å². The number of esters is 2. The molecule has 318 valence electrons. The highest BCUT2D eigenvalue weighted by Gasteiger charge is 2.90. The summed E-state index contributed by atoms with van der Waals surface area (Å²) in [6.45, 7) is 4.03. The molecule has 0 radical (unpaired) electrons. The van der Waals surface area contributed by atoms with Crippen LogP contribution in [0.25, 0.3) is 0 Å². The van der Waals surface area contributed by atoms with Gasteiger partial charge in [-0.15, -0.1) is 0 Å². The second-order valence-corrected chi connectivity index (χ2v) is 18.3. The number of aliphatic hydroxyl groups excluding tert-OH is 2. The highest BCUT2D eigenvalue weighted by molar-refractivity contribution is 6.26. The van der Waals surface area contributed by atoms with Gasteiger partial charge in [0.05, 0.1) is 24.0 Å². The summed E-state index contributed by atoms with van der Waals surface area (Å²) in [5.74, 6) is -6.29. The van der Waals surface area contributed by atoms with Crippen molar-refractivity contribution in [3.8, 4) is 0 Å². The molecule has 5 aliphatic heterocycles. The van der Waals surface area contributed by atoms with Gasteiger partial charge in [0.2, 0.25) is 0 Å². The number of fused-ring (bicyclic) bond motifs is 1. The second kappa shape index (κ2) is 14.4. The molecule has 2 aromatic rings. The van der Waals surface area contributed by atoms with Crippen LogP contribution in [0.5, 0.6) is 0 Å². The summed E-state index contributed by atoms with van der Waals surface area (Å²) in [5, 5.41) is 64.2. The molecule has 3 aliphatic carbocycles. The minimum Gasteiger partial charge on any atom is -0.459 e. The van der Waals surface area contributed by atoms with Crippen LogP contribution in [0.4, 0.5) is 0 Å². The molecule has 7 fully saturated rings. The molecular formula is C45H53ClO13. The molecule has 5 heterocycles. The van der Waals surface area contributed by atoms with E-state index < -0.39 is 107 Å². The molecule has 59 heavy (non-hydrogen) atoms. The van der Waals surface area contributed by atoms with Gasteiger partial charge in [-0.1, -0.05) is 113 Å². The Balaban J connectivity index is 1.27. The predicted molar refractivity (Wildman–Crippen MR) is 209 cm³/mol. The lowest BCUT2D eigenvalue weighted by molar-refractivity contribution is -0.584. The van der Waals surface area contributed by atoms with Crippen LogP contribution in [0.2, 0.25) is 0 Å². The highest BCUT2D eigenvalue weighted by Crippen LogP contribution is 2.74. The Morgan fingerprint density at radius 3 is 2.24 bits per heavy atom. The zero-order valence-corrected chi connectivity index (χ0v) is 34.1. The molecule has 14 heteroatoms. The Morgan fingerprint density at radius 2 is 1.56 bits per heavy atom. The normalized spacial score (nSPS) is 47.1. The van der Waals surface area contributed by atoms with Crippen LogP contribution in [0.15, 0.2) is 83.4 Å². The maximum Gasteiger partial charge on any atom is 0.338 e. The topological polar surface area (TPSA) is 194 Å². The first-order valence-corrected chi connectivity index (χ1v) is 21.3. The number of benzene rings is 2. The fourth-order valence-corrected chi connectivity index (χ4v) is 11.7. The van der Waals surface area contributed by atoms with E-state index in [1.807, 2.05) is 6.92 Å². The van der Waals surface area contributed by atoms with Crippen LogP contribution in [-0.2, 0) is 39.2 Å². The summed E-state index contributed by atoms with van der Waals surface area (Å²) in [5.41, 5.74) is -8.65. The van der Waals surface area contributed by atoms with Crippen LogP contribution in [0.1, 0.15) is 81.6 Å². The summed E-state index contributed by atoms with van der Waals surface area (Å²) in [6, 6.07) is 17.1. The van der Waals surface area contributed by atoms with E-state index in [9.17, 15) is 35.1 Å². The summed E-state index contributed by atoms with van der Waals surface area (Å²) in [4.78, 5) is 27.4. The van der Waals surface area contributed by atoms with Crippen molar-refractivity contribution in [2.45, 2.75) is 130 Å². The monoisotopic (exact) mass is 836 g/mol. The predicted octanol–water partition coefficient (Wildman–Crippen LogP) is 4.16. The van der Waals surface area contributed by atoms with Crippen molar-refractivity contribution in [1.29, 1.82) is 0 Å². The Bertz CT molecular complexity index is 2030. The third-order valence-corrected chi connectivity index (χ3v) is 14.9. The molecule has 5 N–H and O–H groups in total. The number of epoxide rings is 1. The van der Waals surface area contributed by atoms with Crippen molar-refractivity contribution >= 4 is 23.5 Å². The van der Waals surface area contributed by atoms with Gasteiger partial charge in [0.1, 0.15) is 53.4 Å². The van der Waals surface area contributed by atoms with Gasteiger partial charge in [0.25, 0.3) is 0 Å². The first-order valence-electron chi connectivity index (χ1n) is 20.9. The molecule has 13 nitrogen and oxygen atoms in total. The third kappa shape index (κ3) is 5.69. The number of carbonyl (C=O) groups excluding carboxylic acids is 2. The largest absolute Gasteiger partial charge is 0.459 e. The number of hydrogen-bond acceptors (Lipinski definition) is 13. The van der Waals surface area contributed by atoms with Crippen LogP contribution < -0.4 is 0 Å². The molecule has 8 aliphatic rings. The Labute approximate surface area is 347 Å². The van der Waals surface area contributed by atoms with Crippen molar-refractivity contribution in [3.05, 3.63) is 94.5 Å². The smallest absolute Gasteiger partial charge is 0.338 e. The fourth-order valence-electron chi connectivity index (χ4n) is 11.6. The van der Waals surface area contributed by atoms with Gasteiger partial charge in [-0.25, -0.2) is 4.79 Å². The van der Waals surface area contributed by atoms with Crippen LogP contribution in [0, 0.1) is 23.7 Å². The van der Waals surface area contributed by atoms with Crippen LogP contribution in [-0.4, -0.2) is 109 Å². The number of aliphatic hydroxyl groups is 5. The summed E-state index contributed by atoms with van der Waals surface area (Å²) < 4.78 is 39.4. The van der Waals surface area contributed by atoms with E-state index in [2.05, 4.69) is 0 Å². The maximum atomic E-state index is 13.9. The maximum absolute atomic E-state index is 13.9. The number of hydrogen-bond donors (Lipinski definition) is 5. The number of rotatable bonds is 5. The molecule has 10 rings (SSSR count). The van der Waals surface area contributed by atoms with Crippen molar-refractivity contribution in [3.63, 3.8) is 0 Å². The molecule has 2 saturated carbocycles. The van der Waals surface area contributed by atoms with E-state index >= 15 is 0 Å². The minimum atomic E-state index is -2.49. The van der Waals surface area contributed by atoms with E-state index in [1.54, 1.807) is 80.6 Å². The van der Waals surface area contributed by atoms with Crippen molar-refractivity contribution in [2.75, 3.05) is 13.2 Å². The van der Waals surface area contributed by atoms with E-state index in [1.165, 1.54) is 5.54 Å². The third-order valence-electron chi connectivity index (χ3n) is 14.6. The quantitative estimate of drug-likeness (QED) is 0.213. The van der Waals surface area contributed by atoms with Crippen LogP contribution >= 0.6 is 11.6 Å². The number of halogens is 1. The zero-order chi connectivity index (χ0) is 41.8. The van der Waals surface area contributed by atoms with Gasteiger partial charge in [-0.05, 0) is 37.0 Å². The van der Waals surface area contributed by atoms with Crippen molar-refractivity contribution < 1.29 is 63.5 Å². The lowest BCUT2D eigenvalue weighted by Gasteiger charge is -2.73. The molecule has 0 amide bonds. The van der Waals surface area contributed by atoms with Crippen molar-refractivity contribution in [2.24, 2.45) is 23.7 Å². The molecule has 0 unspecified atom stereocenters. The highest BCUT2D eigenvalue weighted by atomic mass is 35.5. The zero-order valence-electron chi connectivity index (χ0n) is 33.4. The van der Waals surface area contributed by atoms with Gasteiger partial charge >= 0.3 is 17.9 Å². The lowest BCUT2D eigenvalue weighted by atomic mass is 9.50.